The Bertz CT molecular complexity index is 2010. The third kappa shape index (κ3) is 8.05. The molecule has 0 radical (unpaired) electrons. The molecular formula is C48H70HfSi5. The van der Waals surface area contributed by atoms with Crippen LogP contribution >= 0.6 is 0 Å². The third-order valence-electron chi connectivity index (χ3n) is 13.1. The second-order valence-electron chi connectivity index (χ2n) is 22.0. The molecule has 54 heavy (non-hydrogen) atoms. The zero-order valence-corrected chi connectivity index (χ0v) is 45.3. The van der Waals surface area contributed by atoms with Crippen molar-refractivity contribution >= 4 is 71.4 Å². The van der Waals surface area contributed by atoms with Crippen molar-refractivity contribution in [2.75, 3.05) is 0 Å². The van der Waals surface area contributed by atoms with Crippen LogP contribution in [-0.4, -0.2) is 38.5 Å². The van der Waals surface area contributed by atoms with E-state index in [2.05, 4.69) is 192 Å². The Morgan fingerprint density at radius 3 is 1.19 bits per heavy atom. The van der Waals surface area contributed by atoms with E-state index in [1.807, 2.05) is 0 Å². The zero-order chi connectivity index (χ0) is 39.7. The summed E-state index contributed by atoms with van der Waals surface area (Å²) in [5, 5.41) is 6.41. The Balaban J connectivity index is 1.52. The summed E-state index contributed by atoms with van der Waals surface area (Å²) in [5.41, 5.74) is 12.1. The number of unbranched alkanes of at least 4 members (excludes halogenated alkanes) is 1. The second-order valence-corrected chi connectivity index (χ2v) is 86.7. The van der Waals surface area contributed by atoms with Gasteiger partial charge in [0.25, 0.3) is 0 Å². The number of fused-ring (bicyclic) bond motifs is 2. The van der Waals surface area contributed by atoms with Gasteiger partial charge in [0.1, 0.15) is 0 Å². The van der Waals surface area contributed by atoms with Crippen molar-refractivity contribution in [3.63, 3.8) is 0 Å². The van der Waals surface area contributed by atoms with Crippen molar-refractivity contribution in [3.05, 3.63) is 107 Å². The summed E-state index contributed by atoms with van der Waals surface area (Å²) in [6.07, 6.45) is 13.6. The molecular weight excluding hydrogens is 895 g/mol. The van der Waals surface area contributed by atoms with Gasteiger partial charge in [0.15, 0.2) is 0 Å². The molecule has 0 N–H and O–H groups in total. The van der Waals surface area contributed by atoms with Crippen molar-refractivity contribution in [1.82, 2.24) is 0 Å². The summed E-state index contributed by atoms with van der Waals surface area (Å²) in [4.78, 5) is 0. The van der Waals surface area contributed by atoms with E-state index in [1.54, 1.807) is 31.9 Å². The van der Waals surface area contributed by atoms with Gasteiger partial charge in [-0.15, -0.1) is 0 Å². The predicted molar refractivity (Wildman–Crippen MR) is 258 cm³/mol. The summed E-state index contributed by atoms with van der Waals surface area (Å²) < 4.78 is 6.94. The summed E-state index contributed by atoms with van der Waals surface area (Å²) in [5.74, 6) is 0. The first kappa shape index (κ1) is 41.9. The molecule has 2 aliphatic rings. The van der Waals surface area contributed by atoms with Gasteiger partial charge in [-0.05, 0) is 0 Å². The van der Waals surface area contributed by atoms with Crippen LogP contribution in [0.2, 0.25) is 94.0 Å². The summed E-state index contributed by atoms with van der Waals surface area (Å²) in [7, 11) is -6.00. The second kappa shape index (κ2) is 14.6. The van der Waals surface area contributed by atoms with Crippen molar-refractivity contribution < 1.29 is 17.1 Å². The molecule has 2 unspecified atom stereocenters. The molecule has 2 aliphatic carbocycles. The van der Waals surface area contributed by atoms with E-state index in [0.717, 1.165) is 0 Å². The molecule has 0 aliphatic heterocycles. The van der Waals surface area contributed by atoms with E-state index in [4.69, 9.17) is 0 Å². The van der Waals surface area contributed by atoms with E-state index in [1.165, 1.54) is 52.3 Å². The molecule has 0 amide bonds. The van der Waals surface area contributed by atoms with Crippen molar-refractivity contribution in [2.45, 2.75) is 121 Å². The van der Waals surface area contributed by atoms with Crippen molar-refractivity contribution in [2.24, 2.45) is 0 Å². The predicted octanol–water partition coefficient (Wildman–Crippen LogP) is 12.4. The van der Waals surface area contributed by atoms with Crippen LogP contribution in [0, 0.1) is 0 Å². The molecule has 0 heterocycles. The summed E-state index contributed by atoms with van der Waals surface area (Å²) in [6, 6.07) is 31.6. The van der Waals surface area contributed by atoms with Gasteiger partial charge in [-0.2, -0.15) is 0 Å². The number of hydrogen-bond acceptors (Lipinski definition) is 0. The van der Waals surface area contributed by atoms with Gasteiger partial charge in [0.2, 0.25) is 0 Å². The molecule has 286 valence electrons. The van der Waals surface area contributed by atoms with Crippen LogP contribution in [0.4, 0.5) is 0 Å². The number of allylic oxidation sites excluding steroid dienone is 2. The van der Waals surface area contributed by atoms with E-state index in [-0.39, 0.29) is 0 Å². The SMILES string of the molecule is CCCC[SiH]=[Hf]([CH3])([CH3])([CH]1C=Cc2c(-c3cc([Si](C)(C)C)cc([Si](C)(C)C)c3)cccc21)[CH]1C=Cc2c(-c3cc([Si](C)(C)C)cc([Si](C)(C)C)c3)cccc21. The summed E-state index contributed by atoms with van der Waals surface area (Å²) >= 11 is -3.81. The van der Waals surface area contributed by atoms with Crippen LogP contribution in [0.1, 0.15) is 49.4 Å². The topological polar surface area (TPSA) is 0 Å². The molecule has 0 saturated heterocycles. The van der Waals surface area contributed by atoms with Crippen LogP contribution in [0.5, 0.6) is 0 Å². The van der Waals surface area contributed by atoms with Crippen molar-refractivity contribution in [1.29, 1.82) is 0 Å². The first-order valence-corrected chi connectivity index (χ1v) is 53.9. The molecule has 6 rings (SSSR count). The zero-order valence-electron chi connectivity index (χ0n) is 36.6. The standard InChI is InChI=1S/2C21H27Si2.C4H10Si.2CH3.Hf/c2*1-22(2,3)18-13-17(14-19(15-18)23(4,5)6)21-12-8-10-16-9-7-11-20(16)21;1-2-3-4-5;;;/h2*7-15H,1-6H3;5H,2-4H2,1H3;2*1H3;. The van der Waals surface area contributed by atoms with Gasteiger partial charge >= 0.3 is 339 Å². The van der Waals surface area contributed by atoms with Crippen LogP contribution < -0.4 is 20.7 Å². The maximum absolute atomic E-state index is 3.81. The summed E-state index contributed by atoms with van der Waals surface area (Å²) in [6.45, 7) is 32.5. The van der Waals surface area contributed by atoms with E-state index < -0.39 is 49.4 Å². The molecule has 0 spiro atoms. The Hall–Kier alpha value is -1.69. The fourth-order valence-corrected chi connectivity index (χ4v) is 53.8. The first-order chi connectivity index (χ1) is 24.9. The van der Waals surface area contributed by atoms with Gasteiger partial charge in [0, 0.05) is 0 Å². The monoisotopic (exact) mass is 966 g/mol. The molecule has 0 bridgehead atoms. The van der Waals surface area contributed by atoms with Gasteiger partial charge in [-0.1, -0.05) is 0 Å². The van der Waals surface area contributed by atoms with Crippen LogP contribution in [0.3, 0.4) is 0 Å². The van der Waals surface area contributed by atoms with Crippen LogP contribution in [0.25, 0.3) is 34.4 Å². The molecule has 0 fully saturated rings. The molecule has 0 saturated carbocycles. The Labute approximate surface area is 336 Å². The van der Waals surface area contributed by atoms with E-state index in [9.17, 15) is 0 Å². The quantitative estimate of drug-likeness (QED) is 0.104. The van der Waals surface area contributed by atoms with Gasteiger partial charge in [0.05, 0.1) is 0 Å². The fraction of sp³-hybridized carbons (Fsp3) is 0.417. The van der Waals surface area contributed by atoms with Crippen LogP contribution in [-0.2, 0) is 17.1 Å². The average Bonchev–Trinajstić information content (AvgIpc) is 3.73. The van der Waals surface area contributed by atoms with E-state index >= 15 is 0 Å². The van der Waals surface area contributed by atoms with Gasteiger partial charge in [-0.25, -0.2) is 0 Å². The molecule has 6 heteroatoms. The Kier molecular flexibility index (Phi) is 11.3. The Morgan fingerprint density at radius 1 is 0.519 bits per heavy atom. The normalized spacial score (nSPS) is 17.6. The Morgan fingerprint density at radius 2 is 0.870 bits per heavy atom. The number of hydrogen-bond donors (Lipinski definition) is 0. The van der Waals surface area contributed by atoms with E-state index in [0.29, 0.717) is 13.6 Å². The molecule has 0 nitrogen and oxygen atoms in total. The minimum atomic E-state index is -3.81. The van der Waals surface area contributed by atoms with Crippen molar-refractivity contribution in [3.8, 4) is 22.3 Å². The van der Waals surface area contributed by atoms with Gasteiger partial charge in [-0.3, -0.25) is 0 Å². The third-order valence-corrected chi connectivity index (χ3v) is 63.8. The molecule has 2 atom stereocenters. The van der Waals surface area contributed by atoms with Crippen LogP contribution in [0.15, 0.2) is 84.9 Å². The molecule has 4 aromatic rings. The minimum absolute atomic E-state index is 0.364. The average molecular weight is 966 g/mol. The maximum atomic E-state index is 2.90. The number of benzene rings is 4. The van der Waals surface area contributed by atoms with Gasteiger partial charge < -0.3 is 0 Å². The number of rotatable bonds is 11. The molecule has 0 aromatic heterocycles. The fourth-order valence-electron chi connectivity index (χ4n) is 9.27. The first-order valence-electron chi connectivity index (χ1n) is 20.9. The molecule has 4 aromatic carbocycles.